The Balaban J connectivity index is 2.81. The van der Waals surface area contributed by atoms with Crippen LogP contribution in [-0.4, -0.2) is 11.6 Å². The van der Waals surface area contributed by atoms with E-state index in [1.807, 2.05) is 0 Å². The van der Waals surface area contributed by atoms with Crippen molar-refractivity contribution in [3.05, 3.63) is 29.3 Å². The van der Waals surface area contributed by atoms with Gasteiger partial charge in [-0.2, -0.15) is 13.2 Å². The fourth-order valence-corrected chi connectivity index (χ4v) is 1.91. The maximum absolute atomic E-state index is 12.8. The second-order valence-corrected chi connectivity index (χ2v) is 5.39. The number of alkyl halides is 3. The van der Waals surface area contributed by atoms with Gasteiger partial charge in [-0.1, -0.05) is 26.1 Å². The zero-order valence-electron chi connectivity index (χ0n) is 11.5. The molecule has 0 aliphatic rings. The van der Waals surface area contributed by atoms with Crippen molar-refractivity contribution in [3.8, 4) is 5.75 Å². The summed E-state index contributed by atoms with van der Waals surface area (Å²) >= 11 is 4.67. The van der Waals surface area contributed by atoms with Crippen LogP contribution in [-0.2, 0) is 6.18 Å². The summed E-state index contributed by atoms with van der Waals surface area (Å²) in [5.74, 6) is 0.919. The van der Waals surface area contributed by atoms with E-state index in [0.29, 0.717) is 18.3 Å². The van der Waals surface area contributed by atoms with Crippen LogP contribution in [0.5, 0.6) is 5.75 Å². The Bertz CT molecular complexity index is 472. The number of ether oxygens (including phenoxy) is 1. The van der Waals surface area contributed by atoms with Gasteiger partial charge in [-0.05, 0) is 37.0 Å². The lowest BCUT2D eigenvalue weighted by Crippen LogP contribution is -2.18. The van der Waals surface area contributed by atoms with Gasteiger partial charge in [0.15, 0.2) is 0 Å². The van der Waals surface area contributed by atoms with E-state index >= 15 is 0 Å². The van der Waals surface area contributed by atoms with Gasteiger partial charge in [0, 0.05) is 5.56 Å². The zero-order valence-corrected chi connectivity index (χ0v) is 12.3. The molecule has 0 unspecified atom stereocenters. The van der Waals surface area contributed by atoms with E-state index in [2.05, 4.69) is 26.1 Å². The van der Waals surface area contributed by atoms with Crippen LogP contribution in [0.2, 0.25) is 0 Å². The zero-order chi connectivity index (χ0) is 15.3. The monoisotopic (exact) mass is 305 g/mol. The average Bonchev–Trinajstić information content (AvgIpc) is 2.33. The maximum Gasteiger partial charge on any atom is 0.417 e. The molecule has 0 bridgehead atoms. The van der Waals surface area contributed by atoms with E-state index in [1.54, 1.807) is 0 Å². The second-order valence-electron chi connectivity index (χ2n) is 4.95. The number of rotatable bonds is 6. The summed E-state index contributed by atoms with van der Waals surface area (Å²) in [5, 5.41) is 0. The minimum Gasteiger partial charge on any atom is -0.494 e. The highest BCUT2D eigenvalue weighted by molar-refractivity contribution is 7.80. The molecular formula is C14H18F3NOS. The van der Waals surface area contributed by atoms with E-state index < -0.39 is 11.7 Å². The van der Waals surface area contributed by atoms with Crippen LogP contribution in [0.1, 0.15) is 37.8 Å². The molecular weight excluding hydrogens is 287 g/mol. The molecule has 0 heterocycles. The van der Waals surface area contributed by atoms with Crippen LogP contribution < -0.4 is 10.5 Å². The van der Waals surface area contributed by atoms with Gasteiger partial charge in [-0.15, -0.1) is 0 Å². The number of halogens is 3. The molecule has 2 nitrogen and oxygen atoms in total. The van der Waals surface area contributed by atoms with E-state index in [9.17, 15) is 13.2 Å². The predicted octanol–water partition coefficient (Wildman–Crippen LogP) is 4.15. The van der Waals surface area contributed by atoms with Gasteiger partial charge < -0.3 is 10.5 Å². The van der Waals surface area contributed by atoms with Crippen LogP contribution in [0.15, 0.2) is 18.2 Å². The first-order chi connectivity index (χ1) is 9.21. The minimum absolute atomic E-state index is 0.200. The van der Waals surface area contributed by atoms with Gasteiger partial charge in [0.1, 0.15) is 10.7 Å². The van der Waals surface area contributed by atoms with Crippen molar-refractivity contribution in [3.63, 3.8) is 0 Å². The van der Waals surface area contributed by atoms with Crippen molar-refractivity contribution in [2.45, 2.75) is 32.9 Å². The Hall–Kier alpha value is -1.30. The molecule has 0 saturated heterocycles. The van der Waals surface area contributed by atoms with Crippen molar-refractivity contribution in [1.82, 2.24) is 0 Å². The van der Waals surface area contributed by atoms with E-state index in [-0.39, 0.29) is 10.6 Å². The Morgan fingerprint density at radius 2 is 2.00 bits per heavy atom. The summed E-state index contributed by atoms with van der Waals surface area (Å²) in [6.07, 6.45) is -2.63. The van der Waals surface area contributed by atoms with Crippen molar-refractivity contribution >= 4 is 17.2 Å². The first-order valence-electron chi connectivity index (χ1n) is 6.35. The third kappa shape index (κ3) is 5.00. The molecule has 0 spiro atoms. The summed E-state index contributed by atoms with van der Waals surface area (Å²) in [6, 6.07) is 3.49. The molecule has 1 rings (SSSR count). The van der Waals surface area contributed by atoms with Crippen LogP contribution in [0.4, 0.5) is 13.2 Å². The van der Waals surface area contributed by atoms with E-state index in [1.165, 1.54) is 12.1 Å². The van der Waals surface area contributed by atoms with Gasteiger partial charge in [-0.25, -0.2) is 0 Å². The lowest BCUT2D eigenvalue weighted by molar-refractivity contribution is -0.137. The number of benzene rings is 1. The van der Waals surface area contributed by atoms with Crippen LogP contribution in [0.3, 0.4) is 0 Å². The normalized spacial score (nSPS) is 11.7. The van der Waals surface area contributed by atoms with Gasteiger partial charge in [-0.3, -0.25) is 0 Å². The third-order valence-corrected chi connectivity index (χ3v) is 2.98. The number of hydrogen-bond donors (Lipinski definition) is 1. The topological polar surface area (TPSA) is 35.2 Å². The first-order valence-corrected chi connectivity index (χ1v) is 6.76. The summed E-state index contributed by atoms with van der Waals surface area (Å²) < 4.78 is 43.8. The predicted molar refractivity (Wildman–Crippen MR) is 76.9 cm³/mol. The van der Waals surface area contributed by atoms with Gasteiger partial charge in [0.25, 0.3) is 0 Å². The summed E-state index contributed by atoms with van der Waals surface area (Å²) in [6.45, 7) is 4.66. The molecule has 0 aliphatic carbocycles. The Kier molecular flexibility index (Phi) is 5.80. The van der Waals surface area contributed by atoms with Crippen LogP contribution >= 0.6 is 12.2 Å². The fraction of sp³-hybridized carbons (Fsp3) is 0.500. The highest BCUT2D eigenvalue weighted by atomic mass is 32.1. The second kappa shape index (κ2) is 6.92. The van der Waals surface area contributed by atoms with Crippen LogP contribution in [0, 0.1) is 5.92 Å². The molecule has 0 radical (unpaired) electrons. The van der Waals surface area contributed by atoms with Crippen molar-refractivity contribution in [2.24, 2.45) is 11.7 Å². The molecule has 20 heavy (non-hydrogen) atoms. The molecule has 0 atom stereocenters. The maximum atomic E-state index is 12.8. The lowest BCUT2D eigenvalue weighted by Gasteiger charge is -2.14. The highest BCUT2D eigenvalue weighted by Gasteiger charge is 2.34. The van der Waals surface area contributed by atoms with Gasteiger partial charge in [0.05, 0.1) is 12.2 Å². The van der Waals surface area contributed by atoms with Gasteiger partial charge >= 0.3 is 6.18 Å². The average molecular weight is 305 g/mol. The quantitative estimate of drug-likeness (QED) is 0.633. The molecule has 1 aromatic rings. The largest absolute Gasteiger partial charge is 0.494 e. The summed E-state index contributed by atoms with van der Waals surface area (Å²) in [4.78, 5) is -0.287. The number of nitrogens with two attached hydrogens (primary N) is 1. The molecule has 0 fully saturated rings. The summed E-state index contributed by atoms with van der Waals surface area (Å²) in [7, 11) is 0. The molecule has 0 saturated carbocycles. The van der Waals surface area contributed by atoms with Crippen molar-refractivity contribution in [1.29, 1.82) is 0 Å². The Labute approximate surface area is 122 Å². The van der Waals surface area contributed by atoms with E-state index in [4.69, 9.17) is 10.5 Å². The molecule has 0 amide bonds. The Morgan fingerprint density at radius 3 is 2.50 bits per heavy atom. The summed E-state index contributed by atoms with van der Waals surface area (Å²) in [5.41, 5.74) is 4.32. The lowest BCUT2D eigenvalue weighted by atomic mass is 10.1. The first kappa shape index (κ1) is 16.8. The van der Waals surface area contributed by atoms with E-state index in [0.717, 1.165) is 18.9 Å². The van der Waals surface area contributed by atoms with Gasteiger partial charge in [0.2, 0.25) is 0 Å². The standard InChI is InChI=1S/C14H18F3NOS/c1-9(2)4-3-7-19-10-5-6-12(14(15,16)17)11(8-10)13(18)20/h5-6,8-9H,3-4,7H2,1-2H3,(H2,18,20). The SMILES string of the molecule is CC(C)CCCOc1ccc(C(F)(F)F)c(C(N)=S)c1. The molecule has 6 heteroatoms. The Morgan fingerprint density at radius 1 is 1.35 bits per heavy atom. The fourth-order valence-electron chi connectivity index (χ4n) is 1.75. The highest BCUT2D eigenvalue weighted by Crippen LogP contribution is 2.33. The number of thiocarbonyl (C=S) groups is 1. The molecule has 1 aromatic carbocycles. The number of hydrogen-bond acceptors (Lipinski definition) is 2. The minimum atomic E-state index is -4.48. The van der Waals surface area contributed by atoms with Crippen molar-refractivity contribution < 1.29 is 17.9 Å². The third-order valence-electron chi connectivity index (χ3n) is 2.76. The van der Waals surface area contributed by atoms with Crippen molar-refractivity contribution in [2.75, 3.05) is 6.61 Å². The van der Waals surface area contributed by atoms with Crippen LogP contribution in [0.25, 0.3) is 0 Å². The molecule has 112 valence electrons. The molecule has 0 aromatic heterocycles. The molecule has 2 N–H and O–H groups in total. The smallest absolute Gasteiger partial charge is 0.417 e. The molecule has 0 aliphatic heterocycles.